The average Bonchev–Trinajstić information content (AvgIpc) is 1.99. The van der Waals surface area contributed by atoms with Crippen molar-refractivity contribution in [1.29, 1.82) is 0 Å². The number of nitrogen functional groups attached to an aromatic ring is 1. The van der Waals surface area contributed by atoms with Gasteiger partial charge in [0.25, 0.3) is 0 Å². The molecule has 1 heterocycles. The lowest BCUT2D eigenvalue weighted by Crippen LogP contribution is -2.21. The second kappa shape index (κ2) is 3.77. The van der Waals surface area contributed by atoms with Crippen LogP contribution in [-0.2, 0) is 5.41 Å². The number of aliphatic hydroxyl groups is 1. The first-order chi connectivity index (χ1) is 6.73. The molecule has 0 bridgehead atoms. The normalized spacial score (nSPS) is 14.0. The van der Waals surface area contributed by atoms with Crippen LogP contribution in [0.2, 0.25) is 0 Å². The third kappa shape index (κ3) is 2.45. The van der Waals surface area contributed by atoms with Crippen molar-refractivity contribution >= 4 is 5.95 Å². The van der Waals surface area contributed by atoms with Crippen molar-refractivity contribution in [1.82, 2.24) is 9.97 Å². The minimum atomic E-state index is -0.570. The topological polar surface area (TPSA) is 72.0 Å². The molecule has 1 atom stereocenters. The Morgan fingerprint density at radius 3 is 2.20 bits per heavy atom. The molecule has 0 aliphatic heterocycles. The quantitative estimate of drug-likeness (QED) is 0.738. The van der Waals surface area contributed by atoms with Gasteiger partial charge in [0.15, 0.2) is 0 Å². The van der Waals surface area contributed by atoms with Crippen LogP contribution in [-0.4, -0.2) is 15.1 Å². The summed E-state index contributed by atoms with van der Waals surface area (Å²) in [6, 6.07) is 0. The van der Waals surface area contributed by atoms with Crippen LogP contribution >= 0.6 is 0 Å². The number of aromatic nitrogens is 2. The Labute approximate surface area is 90.6 Å². The summed E-state index contributed by atoms with van der Waals surface area (Å²) in [5.41, 5.74) is 7.84. The second-order valence-electron chi connectivity index (χ2n) is 4.86. The van der Waals surface area contributed by atoms with Crippen molar-refractivity contribution in [3.05, 3.63) is 17.0 Å². The number of nitrogens with zero attached hydrogens (tertiary/aromatic N) is 2. The molecule has 0 saturated carbocycles. The Morgan fingerprint density at radius 1 is 1.27 bits per heavy atom. The van der Waals surface area contributed by atoms with Crippen LogP contribution < -0.4 is 5.73 Å². The predicted molar refractivity (Wildman–Crippen MR) is 60.5 cm³/mol. The molecule has 1 rings (SSSR count). The van der Waals surface area contributed by atoms with Crippen LogP contribution in [0.25, 0.3) is 0 Å². The molecular weight excluding hydrogens is 190 g/mol. The molecular formula is C11H19N3O. The summed E-state index contributed by atoms with van der Waals surface area (Å²) in [7, 11) is 0. The molecule has 1 unspecified atom stereocenters. The molecule has 0 amide bonds. The fourth-order valence-corrected chi connectivity index (χ4v) is 1.68. The number of hydrogen-bond donors (Lipinski definition) is 2. The van der Waals surface area contributed by atoms with E-state index in [0.29, 0.717) is 0 Å². The molecule has 0 saturated heterocycles. The van der Waals surface area contributed by atoms with E-state index >= 15 is 0 Å². The fourth-order valence-electron chi connectivity index (χ4n) is 1.68. The molecule has 15 heavy (non-hydrogen) atoms. The highest BCUT2D eigenvalue weighted by molar-refractivity contribution is 5.36. The van der Waals surface area contributed by atoms with Gasteiger partial charge in [-0.15, -0.1) is 0 Å². The van der Waals surface area contributed by atoms with Gasteiger partial charge in [-0.3, -0.25) is 0 Å². The van der Waals surface area contributed by atoms with E-state index in [1.165, 1.54) is 0 Å². The molecule has 0 aliphatic carbocycles. The molecule has 1 aromatic rings. The second-order valence-corrected chi connectivity index (χ2v) is 4.86. The van der Waals surface area contributed by atoms with Gasteiger partial charge < -0.3 is 10.8 Å². The van der Waals surface area contributed by atoms with Gasteiger partial charge in [0.05, 0.1) is 11.8 Å². The maximum atomic E-state index is 9.72. The zero-order valence-electron chi connectivity index (χ0n) is 10.00. The summed E-state index contributed by atoms with van der Waals surface area (Å²) >= 11 is 0. The highest BCUT2D eigenvalue weighted by atomic mass is 16.3. The van der Waals surface area contributed by atoms with E-state index in [9.17, 15) is 5.11 Å². The van der Waals surface area contributed by atoms with Gasteiger partial charge in [0, 0.05) is 16.7 Å². The third-order valence-electron chi connectivity index (χ3n) is 2.28. The molecule has 84 valence electrons. The summed E-state index contributed by atoms with van der Waals surface area (Å²) < 4.78 is 0. The number of aliphatic hydroxyl groups excluding tert-OH is 1. The van der Waals surface area contributed by atoms with Crippen LogP contribution in [0.5, 0.6) is 0 Å². The summed E-state index contributed by atoms with van der Waals surface area (Å²) in [5, 5.41) is 9.72. The van der Waals surface area contributed by atoms with E-state index in [0.717, 1.165) is 17.0 Å². The Kier molecular flexibility index (Phi) is 3.00. The Bertz CT molecular complexity index is 367. The first kappa shape index (κ1) is 11.9. The lowest BCUT2D eigenvalue weighted by atomic mass is 9.86. The Balaban J connectivity index is 3.47. The fraction of sp³-hybridized carbons (Fsp3) is 0.636. The van der Waals surface area contributed by atoms with Crippen LogP contribution in [0.3, 0.4) is 0 Å². The minimum absolute atomic E-state index is 0.145. The van der Waals surface area contributed by atoms with Gasteiger partial charge in [-0.2, -0.15) is 0 Å². The van der Waals surface area contributed by atoms with Gasteiger partial charge in [0.1, 0.15) is 0 Å². The van der Waals surface area contributed by atoms with E-state index in [1.54, 1.807) is 6.92 Å². The molecule has 1 aromatic heterocycles. The number of nitrogens with two attached hydrogens (primary N) is 1. The van der Waals surface area contributed by atoms with Crippen LogP contribution in [0, 0.1) is 6.92 Å². The average molecular weight is 209 g/mol. The predicted octanol–water partition coefficient (Wildman–Crippen LogP) is 1.72. The summed E-state index contributed by atoms with van der Waals surface area (Å²) in [5.74, 6) is 0.266. The smallest absolute Gasteiger partial charge is 0.220 e. The number of rotatable bonds is 1. The molecule has 0 radical (unpaired) electrons. The first-order valence-electron chi connectivity index (χ1n) is 5.06. The lowest BCUT2D eigenvalue weighted by Gasteiger charge is -2.24. The van der Waals surface area contributed by atoms with Crippen LogP contribution in [0.15, 0.2) is 0 Å². The van der Waals surface area contributed by atoms with Gasteiger partial charge in [-0.25, -0.2) is 9.97 Å². The van der Waals surface area contributed by atoms with Crippen molar-refractivity contribution in [3.8, 4) is 0 Å². The van der Waals surface area contributed by atoms with Gasteiger partial charge >= 0.3 is 0 Å². The molecule has 0 spiro atoms. The zero-order chi connectivity index (χ0) is 11.8. The Morgan fingerprint density at radius 2 is 1.80 bits per heavy atom. The van der Waals surface area contributed by atoms with Crippen LogP contribution in [0.4, 0.5) is 5.95 Å². The largest absolute Gasteiger partial charge is 0.389 e. The van der Waals surface area contributed by atoms with E-state index < -0.39 is 6.10 Å². The highest BCUT2D eigenvalue weighted by Crippen LogP contribution is 2.29. The molecule has 0 aliphatic rings. The van der Waals surface area contributed by atoms with E-state index in [2.05, 4.69) is 9.97 Å². The van der Waals surface area contributed by atoms with Gasteiger partial charge in [0.2, 0.25) is 5.95 Å². The summed E-state index contributed by atoms with van der Waals surface area (Å²) in [6.45, 7) is 9.69. The molecule has 0 fully saturated rings. The van der Waals surface area contributed by atoms with Gasteiger partial charge in [-0.05, 0) is 13.8 Å². The number of aryl methyl sites for hydroxylation is 1. The minimum Gasteiger partial charge on any atom is -0.389 e. The maximum Gasteiger partial charge on any atom is 0.220 e. The summed E-state index contributed by atoms with van der Waals surface area (Å²) in [4.78, 5) is 8.31. The maximum absolute atomic E-state index is 9.72. The zero-order valence-corrected chi connectivity index (χ0v) is 10.00. The lowest BCUT2D eigenvalue weighted by molar-refractivity contribution is 0.194. The van der Waals surface area contributed by atoms with Crippen molar-refractivity contribution < 1.29 is 5.11 Å². The van der Waals surface area contributed by atoms with Crippen molar-refractivity contribution in [3.63, 3.8) is 0 Å². The monoisotopic (exact) mass is 209 g/mol. The number of hydrogen-bond acceptors (Lipinski definition) is 4. The van der Waals surface area contributed by atoms with Crippen LogP contribution in [0.1, 0.15) is 50.8 Å². The molecule has 3 N–H and O–H groups in total. The molecule has 4 heteroatoms. The van der Waals surface area contributed by atoms with Crippen molar-refractivity contribution in [2.45, 2.75) is 46.1 Å². The van der Waals surface area contributed by atoms with Gasteiger partial charge in [-0.1, -0.05) is 20.8 Å². The molecule has 0 aromatic carbocycles. The first-order valence-corrected chi connectivity index (χ1v) is 5.06. The van der Waals surface area contributed by atoms with Crippen molar-refractivity contribution in [2.75, 3.05) is 5.73 Å². The van der Waals surface area contributed by atoms with E-state index in [4.69, 9.17) is 5.73 Å². The van der Waals surface area contributed by atoms with E-state index in [-0.39, 0.29) is 11.4 Å². The number of anilines is 1. The molecule has 4 nitrogen and oxygen atoms in total. The SMILES string of the molecule is Cc1nc(N)nc(C(C)(C)C)c1C(C)O. The highest BCUT2D eigenvalue weighted by Gasteiger charge is 2.24. The van der Waals surface area contributed by atoms with Crippen molar-refractivity contribution in [2.24, 2.45) is 0 Å². The summed E-state index contributed by atoms with van der Waals surface area (Å²) in [6.07, 6.45) is -0.570. The van der Waals surface area contributed by atoms with E-state index in [1.807, 2.05) is 27.7 Å². The third-order valence-corrected chi connectivity index (χ3v) is 2.28. The standard InChI is InChI=1S/C11H19N3O/c1-6-8(7(2)15)9(11(3,4)5)14-10(12)13-6/h7,15H,1-5H3,(H2,12,13,14). The Hall–Kier alpha value is -1.16.